The molecule has 1 aliphatic heterocycles. The second-order valence-corrected chi connectivity index (χ2v) is 11.1. The lowest BCUT2D eigenvalue weighted by Crippen LogP contribution is -2.29. The maximum atomic E-state index is 13.6. The van der Waals surface area contributed by atoms with E-state index in [0.717, 1.165) is 23.8 Å². The summed E-state index contributed by atoms with van der Waals surface area (Å²) in [5, 5.41) is 14.2. The molecule has 5 rings (SSSR count). The van der Waals surface area contributed by atoms with Crippen molar-refractivity contribution in [2.24, 2.45) is 0 Å². The molecule has 0 fully saturated rings. The fraction of sp³-hybridized carbons (Fsp3) is 0.143. The molecule has 8 nitrogen and oxygen atoms in total. The molecular formula is C28H20I2N2O6. The molecule has 0 radical (unpaired) electrons. The number of hydrogen-bond donors (Lipinski definition) is 1. The second kappa shape index (κ2) is 10.5. The summed E-state index contributed by atoms with van der Waals surface area (Å²) in [5.74, 6) is -0.591. The zero-order valence-corrected chi connectivity index (χ0v) is 24.5. The number of benzene rings is 3. The molecule has 38 heavy (non-hydrogen) atoms. The SMILES string of the molecule is COC(=O)C1=C(C)NC2=C(C(=O)c3ccccc32)[C@@H]1c1cc(I)c(OCc2ccc([N+](=O)[O-])cc2)c(I)c1. The van der Waals surface area contributed by atoms with Gasteiger partial charge in [0.05, 0.1) is 30.4 Å². The number of nitro benzene ring substituents is 1. The molecule has 1 N–H and O–H groups in total. The maximum absolute atomic E-state index is 13.6. The fourth-order valence-electron chi connectivity index (χ4n) is 4.80. The molecule has 192 valence electrons. The van der Waals surface area contributed by atoms with E-state index in [1.54, 1.807) is 18.2 Å². The topological polar surface area (TPSA) is 108 Å². The monoisotopic (exact) mass is 734 g/mol. The number of nitrogens with one attached hydrogen (secondary N) is 1. The van der Waals surface area contributed by atoms with E-state index in [1.807, 2.05) is 37.3 Å². The summed E-state index contributed by atoms with van der Waals surface area (Å²) in [6.45, 7) is 2.04. The number of methoxy groups -OCH3 is 1. The molecule has 1 atom stereocenters. The van der Waals surface area contributed by atoms with E-state index in [0.29, 0.717) is 33.9 Å². The highest BCUT2D eigenvalue weighted by Gasteiger charge is 2.43. The van der Waals surface area contributed by atoms with Crippen LogP contribution >= 0.6 is 45.2 Å². The van der Waals surface area contributed by atoms with E-state index in [1.165, 1.54) is 19.2 Å². The lowest BCUT2D eigenvalue weighted by atomic mass is 9.80. The van der Waals surface area contributed by atoms with E-state index in [9.17, 15) is 19.7 Å². The van der Waals surface area contributed by atoms with Crippen LogP contribution in [-0.4, -0.2) is 23.8 Å². The molecule has 0 aromatic heterocycles. The third-order valence-electron chi connectivity index (χ3n) is 6.54. The van der Waals surface area contributed by atoms with Crippen molar-refractivity contribution in [2.75, 3.05) is 7.11 Å². The van der Waals surface area contributed by atoms with Crippen LogP contribution in [0.25, 0.3) is 5.70 Å². The summed E-state index contributed by atoms with van der Waals surface area (Å²) >= 11 is 4.36. The third-order valence-corrected chi connectivity index (χ3v) is 8.14. The number of fused-ring (bicyclic) bond motifs is 2. The van der Waals surface area contributed by atoms with Crippen LogP contribution < -0.4 is 10.1 Å². The number of ether oxygens (including phenoxy) is 2. The first kappa shape index (κ1) is 26.4. The van der Waals surface area contributed by atoms with E-state index in [-0.39, 0.29) is 18.1 Å². The Balaban J connectivity index is 1.53. The summed E-state index contributed by atoms with van der Waals surface area (Å²) in [5.41, 5.74) is 5.25. The van der Waals surface area contributed by atoms with Crippen LogP contribution in [0.2, 0.25) is 0 Å². The number of carbonyl (C=O) groups excluding carboxylic acids is 2. The lowest BCUT2D eigenvalue weighted by molar-refractivity contribution is -0.384. The minimum absolute atomic E-state index is 0.0197. The Morgan fingerprint density at radius 3 is 2.29 bits per heavy atom. The first-order valence-corrected chi connectivity index (χ1v) is 13.7. The van der Waals surface area contributed by atoms with Crippen LogP contribution in [0.3, 0.4) is 0 Å². The normalized spacial score (nSPS) is 16.1. The lowest BCUT2D eigenvalue weighted by Gasteiger charge is -2.29. The van der Waals surface area contributed by atoms with Gasteiger partial charge in [-0.1, -0.05) is 24.3 Å². The van der Waals surface area contributed by atoms with Crippen LogP contribution in [0.15, 0.2) is 77.5 Å². The Kier molecular flexibility index (Phi) is 7.27. The van der Waals surface area contributed by atoms with Crippen molar-refractivity contribution >= 4 is 68.3 Å². The first-order chi connectivity index (χ1) is 18.2. The second-order valence-electron chi connectivity index (χ2n) is 8.78. The average Bonchev–Trinajstić information content (AvgIpc) is 3.18. The quantitative estimate of drug-likeness (QED) is 0.141. The first-order valence-electron chi connectivity index (χ1n) is 11.5. The van der Waals surface area contributed by atoms with Gasteiger partial charge in [0.25, 0.3) is 5.69 Å². The van der Waals surface area contributed by atoms with Gasteiger partial charge in [-0.2, -0.15) is 0 Å². The van der Waals surface area contributed by atoms with Gasteiger partial charge in [-0.05, 0) is 87.5 Å². The van der Waals surface area contributed by atoms with Gasteiger partial charge in [-0.15, -0.1) is 0 Å². The minimum atomic E-state index is -0.621. The van der Waals surface area contributed by atoms with E-state index >= 15 is 0 Å². The predicted octanol–water partition coefficient (Wildman–Crippen LogP) is 6.12. The molecular weight excluding hydrogens is 714 g/mol. The van der Waals surface area contributed by atoms with Crippen molar-refractivity contribution in [3.63, 3.8) is 0 Å². The van der Waals surface area contributed by atoms with Crippen LogP contribution in [-0.2, 0) is 16.1 Å². The Hall–Kier alpha value is -3.26. The number of nitro groups is 1. The summed E-state index contributed by atoms with van der Waals surface area (Å²) in [6, 6.07) is 17.5. The third kappa shape index (κ3) is 4.59. The fourth-order valence-corrected chi connectivity index (χ4v) is 6.92. The number of rotatable bonds is 6. The number of dihydropyridines is 1. The van der Waals surface area contributed by atoms with Gasteiger partial charge in [-0.3, -0.25) is 14.9 Å². The maximum Gasteiger partial charge on any atom is 0.336 e. The van der Waals surface area contributed by atoms with Gasteiger partial charge in [0.2, 0.25) is 0 Å². The van der Waals surface area contributed by atoms with Gasteiger partial charge in [0.15, 0.2) is 5.78 Å². The highest BCUT2D eigenvalue weighted by molar-refractivity contribution is 14.1. The molecule has 2 aliphatic rings. The van der Waals surface area contributed by atoms with Crippen molar-refractivity contribution in [3.05, 3.63) is 117 Å². The Morgan fingerprint density at radius 1 is 1.05 bits per heavy atom. The highest BCUT2D eigenvalue weighted by atomic mass is 127. The zero-order chi connectivity index (χ0) is 27.1. The number of hydrogen-bond acceptors (Lipinski definition) is 7. The van der Waals surface area contributed by atoms with Crippen LogP contribution in [0.1, 0.15) is 39.9 Å². The van der Waals surface area contributed by atoms with Crippen molar-refractivity contribution in [1.82, 2.24) is 5.32 Å². The molecule has 0 amide bonds. The van der Waals surface area contributed by atoms with Crippen LogP contribution in [0.5, 0.6) is 5.75 Å². The summed E-state index contributed by atoms with van der Waals surface area (Å²) < 4.78 is 12.8. The summed E-state index contributed by atoms with van der Waals surface area (Å²) in [6.07, 6.45) is 0. The number of allylic oxidation sites excluding steroid dienone is 2. The van der Waals surface area contributed by atoms with Crippen LogP contribution in [0, 0.1) is 17.3 Å². The van der Waals surface area contributed by atoms with E-state index < -0.39 is 16.8 Å². The van der Waals surface area contributed by atoms with Gasteiger partial charge in [0, 0.05) is 40.4 Å². The van der Waals surface area contributed by atoms with Gasteiger partial charge >= 0.3 is 5.97 Å². The Bertz CT molecular complexity index is 1550. The number of ketones is 1. The molecule has 3 aromatic rings. The molecule has 0 bridgehead atoms. The molecule has 0 saturated heterocycles. The largest absolute Gasteiger partial charge is 0.487 e. The highest BCUT2D eigenvalue weighted by Crippen LogP contribution is 2.48. The van der Waals surface area contributed by atoms with Gasteiger partial charge in [-0.25, -0.2) is 4.79 Å². The summed E-state index contributed by atoms with van der Waals surface area (Å²) in [4.78, 5) is 37.0. The van der Waals surface area contributed by atoms with Crippen molar-refractivity contribution < 1.29 is 24.0 Å². The van der Waals surface area contributed by atoms with Gasteiger partial charge in [0.1, 0.15) is 12.4 Å². The number of halogens is 2. The van der Waals surface area contributed by atoms with Crippen molar-refractivity contribution in [1.29, 1.82) is 0 Å². The average molecular weight is 734 g/mol. The molecule has 1 heterocycles. The zero-order valence-electron chi connectivity index (χ0n) is 20.2. The number of carbonyl (C=O) groups is 2. The number of Topliss-reactive ketones (excluding diaryl/α,β-unsaturated/α-hetero) is 1. The number of non-ortho nitro benzene ring substituents is 1. The van der Waals surface area contributed by atoms with Gasteiger partial charge < -0.3 is 14.8 Å². The predicted molar refractivity (Wildman–Crippen MR) is 158 cm³/mol. The molecule has 0 spiro atoms. The summed E-state index contributed by atoms with van der Waals surface area (Å²) in [7, 11) is 1.33. The van der Waals surface area contributed by atoms with Crippen molar-refractivity contribution in [2.45, 2.75) is 19.4 Å². The van der Waals surface area contributed by atoms with Crippen molar-refractivity contribution in [3.8, 4) is 5.75 Å². The molecule has 0 saturated carbocycles. The number of nitrogens with zero attached hydrogens (tertiary/aromatic N) is 1. The standard InChI is InChI=1S/C28H20I2N2O6/c1-14-22(28(34)37-2)23(24-25(31-14)18-5-3-4-6-19(18)26(24)33)16-11-20(29)27(21(30)12-16)38-13-15-7-9-17(10-8-15)32(35)36/h3-12,23,31H,13H2,1-2H3/t23-/m1/s1. The minimum Gasteiger partial charge on any atom is -0.487 e. The van der Waals surface area contributed by atoms with Crippen LogP contribution in [0.4, 0.5) is 5.69 Å². The smallest absolute Gasteiger partial charge is 0.336 e. The van der Waals surface area contributed by atoms with E-state index in [2.05, 4.69) is 50.5 Å². The number of esters is 1. The molecule has 1 aliphatic carbocycles. The molecule has 0 unspecified atom stereocenters. The molecule has 10 heteroatoms. The van der Waals surface area contributed by atoms with E-state index in [4.69, 9.17) is 9.47 Å². The molecule has 3 aromatic carbocycles. The Labute approximate surface area is 245 Å². The Morgan fingerprint density at radius 2 is 1.68 bits per heavy atom.